The van der Waals surface area contributed by atoms with Gasteiger partial charge in [-0.05, 0) is 12.0 Å². The Labute approximate surface area is 98.1 Å². The predicted octanol–water partition coefficient (Wildman–Crippen LogP) is 2.83. The van der Waals surface area contributed by atoms with Crippen LogP contribution in [0.4, 0.5) is 0 Å². The third-order valence-corrected chi connectivity index (χ3v) is 7.15. The Morgan fingerprint density at radius 1 is 1.19 bits per heavy atom. The molecule has 0 spiro atoms. The number of hydrogen-bond donors (Lipinski definition) is 0. The van der Waals surface area contributed by atoms with Crippen LogP contribution in [0.5, 0.6) is 0 Å². The van der Waals surface area contributed by atoms with E-state index in [9.17, 15) is 0 Å². The lowest BCUT2D eigenvalue weighted by Gasteiger charge is -2.36. The van der Waals surface area contributed by atoms with E-state index < -0.39 is 8.56 Å². The third-order valence-electron chi connectivity index (χ3n) is 3.31. The molecule has 3 heteroatoms. The van der Waals surface area contributed by atoms with Crippen LogP contribution in [0.3, 0.4) is 0 Å². The molecule has 2 nitrogen and oxygen atoms in total. The minimum absolute atomic E-state index is 0.503. The summed E-state index contributed by atoms with van der Waals surface area (Å²) in [6.07, 6.45) is 5.51. The lowest BCUT2D eigenvalue weighted by atomic mass is 10.1. The zero-order valence-electron chi connectivity index (χ0n) is 9.85. The second-order valence-electron chi connectivity index (χ2n) is 4.15. The molecule has 2 rings (SSSR count). The van der Waals surface area contributed by atoms with Gasteiger partial charge in [0.15, 0.2) is 0 Å². The number of hydrogen-bond acceptors (Lipinski definition) is 2. The van der Waals surface area contributed by atoms with Gasteiger partial charge in [-0.1, -0.05) is 42.5 Å². The molecule has 0 N–H and O–H groups in total. The van der Waals surface area contributed by atoms with Gasteiger partial charge in [0.05, 0.1) is 0 Å². The number of allylic oxidation sites excluding steroid dienone is 2. The quantitative estimate of drug-likeness (QED) is 0.576. The first-order valence-corrected chi connectivity index (χ1v) is 7.72. The average Bonchev–Trinajstić information content (AvgIpc) is 2.27. The van der Waals surface area contributed by atoms with Crippen molar-refractivity contribution >= 4 is 8.56 Å². The molecule has 1 unspecified atom stereocenters. The summed E-state index contributed by atoms with van der Waals surface area (Å²) < 4.78 is 11.5. The highest BCUT2D eigenvalue weighted by Crippen LogP contribution is 2.37. The van der Waals surface area contributed by atoms with Crippen molar-refractivity contribution in [3.8, 4) is 0 Å². The Morgan fingerprint density at radius 2 is 1.81 bits per heavy atom. The number of benzene rings is 1. The molecule has 0 radical (unpaired) electrons. The highest BCUT2D eigenvalue weighted by Gasteiger charge is 2.44. The average molecular weight is 234 g/mol. The summed E-state index contributed by atoms with van der Waals surface area (Å²) in [6.45, 7) is 0. The molecule has 0 saturated heterocycles. The third kappa shape index (κ3) is 2.12. The minimum atomic E-state index is -2.09. The van der Waals surface area contributed by atoms with Gasteiger partial charge in [-0.2, -0.15) is 0 Å². The van der Waals surface area contributed by atoms with Gasteiger partial charge in [0.1, 0.15) is 0 Å². The van der Waals surface area contributed by atoms with E-state index in [1.807, 2.05) is 6.07 Å². The predicted molar refractivity (Wildman–Crippen MR) is 67.4 cm³/mol. The Balaban J connectivity index is 2.17. The number of rotatable bonds is 5. The molecule has 0 amide bonds. The smallest absolute Gasteiger partial charge is 0.349 e. The fraction of sp³-hybridized carbons (Fsp3) is 0.385. The normalized spacial score (nSPS) is 19.5. The molecule has 1 aromatic rings. The van der Waals surface area contributed by atoms with Crippen molar-refractivity contribution in [1.29, 1.82) is 0 Å². The van der Waals surface area contributed by atoms with Crippen molar-refractivity contribution in [3.05, 3.63) is 48.0 Å². The fourth-order valence-electron chi connectivity index (χ4n) is 2.14. The zero-order valence-corrected chi connectivity index (χ0v) is 10.8. The van der Waals surface area contributed by atoms with Gasteiger partial charge in [-0.3, -0.25) is 0 Å². The summed E-state index contributed by atoms with van der Waals surface area (Å²) in [5, 5.41) is 0. The molecular formula is C13H18O2Si. The van der Waals surface area contributed by atoms with Crippen molar-refractivity contribution in [2.24, 2.45) is 0 Å². The van der Waals surface area contributed by atoms with E-state index in [1.54, 1.807) is 14.2 Å². The minimum Gasteiger partial charge on any atom is -0.397 e. The maximum atomic E-state index is 5.76. The molecule has 1 aliphatic carbocycles. The lowest BCUT2D eigenvalue weighted by molar-refractivity contribution is 0.231. The Morgan fingerprint density at radius 3 is 2.25 bits per heavy atom. The van der Waals surface area contributed by atoms with Gasteiger partial charge in [0, 0.05) is 25.8 Å². The van der Waals surface area contributed by atoms with Crippen molar-refractivity contribution < 1.29 is 8.85 Å². The summed E-state index contributed by atoms with van der Waals surface area (Å²) in [5.74, 6) is 0. The van der Waals surface area contributed by atoms with Crippen molar-refractivity contribution in [2.75, 3.05) is 14.2 Å². The van der Waals surface area contributed by atoms with Gasteiger partial charge >= 0.3 is 8.56 Å². The summed E-state index contributed by atoms with van der Waals surface area (Å²) in [4.78, 5) is 0. The Hall–Kier alpha value is -0.903. The molecule has 0 saturated carbocycles. The molecule has 1 aliphatic rings. The monoisotopic (exact) mass is 234 g/mol. The molecule has 0 aliphatic heterocycles. The van der Waals surface area contributed by atoms with Crippen LogP contribution in [0.1, 0.15) is 12.0 Å². The van der Waals surface area contributed by atoms with E-state index in [4.69, 9.17) is 8.85 Å². The summed E-state index contributed by atoms with van der Waals surface area (Å²) in [6, 6.07) is 11.4. The van der Waals surface area contributed by atoms with Crippen molar-refractivity contribution in [3.63, 3.8) is 0 Å². The maximum absolute atomic E-state index is 5.76. The van der Waals surface area contributed by atoms with Crippen LogP contribution in [0.2, 0.25) is 5.54 Å². The second kappa shape index (κ2) is 4.95. The van der Waals surface area contributed by atoms with Crippen LogP contribution >= 0.6 is 0 Å². The van der Waals surface area contributed by atoms with E-state index in [0.29, 0.717) is 5.54 Å². The lowest BCUT2D eigenvalue weighted by Crippen LogP contribution is -2.48. The molecule has 0 bridgehead atoms. The van der Waals surface area contributed by atoms with Crippen LogP contribution in [-0.2, 0) is 14.9 Å². The van der Waals surface area contributed by atoms with E-state index in [-0.39, 0.29) is 0 Å². The molecular weight excluding hydrogens is 216 g/mol. The fourth-order valence-corrected chi connectivity index (χ4v) is 5.19. The molecule has 1 aromatic carbocycles. The van der Waals surface area contributed by atoms with Crippen molar-refractivity contribution in [2.45, 2.75) is 18.0 Å². The molecule has 1 atom stereocenters. The SMILES string of the molecule is CO[Si](Cc1ccccc1)(OC)C1C=CC1. The molecule has 0 fully saturated rings. The molecule has 86 valence electrons. The first-order valence-electron chi connectivity index (χ1n) is 5.61. The largest absolute Gasteiger partial charge is 0.397 e. The Bertz CT molecular complexity index is 357. The standard InChI is InChI=1S/C13H18O2Si/c1-14-16(15-2,13-9-6-10-13)11-12-7-4-3-5-8-12/h3-9,13H,10-11H2,1-2H3. The Kier molecular flexibility index (Phi) is 3.58. The van der Waals surface area contributed by atoms with Crippen LogP contribution in [0.15, 0.2) is 42.5 Å². The van der Waals surface area contributed by atoms with E-state index >= 15 is 0 Å². The molecule has 16 heavy (non-hydrogen) atoms. The highest BCUT2D eigenvalue weighted by molar-refractivity contribution is 6.69. The van der Waals surface area contributed by atoms with E-state index in [2.05, 4.69) is 36.4 Å². The van der Waals surface area contributed by atoms with E-state index in [0.717, 1.165) is 12.5 Å². The topological polar surface area (TPSA) is 18.5 Å². The van der Waals surface area contributed by atoms with Crippen LogP contribution in [-0.4, -0.2) is 22.8 Å². The zero-order chi connectivity index (χ0) is 11.4. The van der Waals surface area contributed by atoms with Crippen molar-refractivity contribution in [1.82, 2.24) is 0 Å². The highest BCUT2D eigenvalue weighted by atomic mass is 28.4. The van der Waals surface area contributed by atoms with Gasteiger partial charge in [0.25, 0.3) is 0 Å². The first-order chi connectivity index (χ1) is 7.80. The molecule has 0 aromatic heterocycles. The van der Waals surface area contributed by atoms with Gasteiger partial charge in [-0.25, -0.2) is 0 Å². The molecule has 0 heterocycles. The van der Waals surface area contributed by atoms with Crippen LogP contribution in [0, 0.1) is 0 Å². The van der Waals surface area contributed by atoms with Gasteiger partial charge < -0.3 is 8.85 Å². The van der Waals surface area contributed by atoms with Gasteiger partial charge in [0.2, 0.25) is 0 Å². The van der Waals surface area contributed by atoms with Gasteiger partial charge in [-0.15, -0.1) is 0 Å². The maximum Gasteiger partial charge on any atom is 0.349 e. The summed E-state index contributed by atoms with van der Waals surface area (Å²) in [5.41, 5.74) is 1.81. The summed E-state index contributed by atoms with van der Waals surface area (Å²) in [7, 11) is 1.48. The van der Waals surface area contributed by atoms with E-state index in [1.165, 1.54) is 5.56 Å². The van der Waals surface area contributed by atoms with Crippen LogP contribution < -0.4 is 0 Å². The van der Waals surface area contributed by atoms with Crippen LogP contribution in [0.25, 0.3) is 0 Å². The summed E-state index contributed by atoms with van der Waals surface area (Å²) >= 11 is 0. The first kappa shape index (κ1) is 11.6. The second-order valence-corrected chi connectivity index (χ2v) is 7.69.